The first-order valence-corrected chi connectivity index (χ1v) is 18.5. The maximum atomic E-state index is 10.7. The third kappa shape index (κ3) is 8.95. The Morgan fingerprint density at radius 3 is 1.29 bits per heavy atom. The van der Waals surface area contributed by atoms with Crippen LogP contribution < -0.4 is 0 Å². The van der Waals surface area contributed by atoms with Gasteiger partial charge in [-0.3, -0.25) is 19.8 Å². The van der Waals surface area contributed by atoms with Crippen molar-refractivity contribution >= 4 is 21.8 Å². The number of phenols is 2. The summed E-state index contributed by atoms with van der Waals surface area (Å²) in [6.45, 7) is 8.08. The smallest absolute Gasteiger partial charge is 0.146 e. The molecule has 0 aliphatic carbocycles. The second-order valence-electron chi connectivity index (χ2n) is 13.8. The molecule has 2 aromatic heterocycles. The molecule has 2 saturated heterocycles. The molecule has 2 aliphatic rings. The molecule has 268 valence electrons. The summed E-state index contributed by atoms with van der Waals surface area (Å²) in [6.07, 6.45) is 8.41. The van der Waals surface area contributed by atoms with Gasteiger partial charge in [-0.1, -0.05) is 72.8 Å². The van der Waals surface area contributed by atoms with E-state index in [0.717, 1.165) is 83.4 Å². The van der Waals surface area contributed by atoms with Crippen molar-refractivity contribution < 1.29 is 19.7 Å². The largest absolute Gasteiger partial charge is 0.505 e. The average molecular weight is 697 g/mol. The Kier molecular flexibility index (Phi) is 12.0. The zero-order chi connectivity index (χ0) is 35.5. The molecule has 4 aromatic carbocycles. The third-order valence-electron chi connectivity index (χ3n) is 9.98. The van der Waals surface area contributed by atoms with Crippen molar-refractivity contribution in [3.63, 3.8) is 0 Å². The van der Waals surface area contributed by atoms with Crippen molar-refractivity contribution in [3.05, 3.63) is 143 Å². The maximum absolute atomic E-state index is 10.7. The van der Waals surface area contributed by atoms with E-state index in [0.29, 0.717) is 49.0 Å². The molecule has 0 spiro atoms. The first-order valence-electron chi connectivity index (χ1n) is 18.5. The number of rotatable bonds is 12. The van der Waals surface area contributed by atoms with Gasteiger partial charge in [-0.15, -0.1) is 0 Å². The van der Waals surface area contributed by atoms with Gasteiger partial charge in [0.05, 0.1) is 26.4 Å². The molecule has 0 unspecified atom stereocenters. The van der Waals surface area contributed by atoms with Gasteiger partial charge < -0.3 is 19.7 Å². The van der Waals surface area contributed by atoms with E-state index in [1.54, 1.807) is 12.4 Å². The number of fused-ring (bicyclic) bond motifs is 2. The van der Waals surface area contributed by atoms with Crippen molar-refractivity contribution in [2.75, 3.05) is 26.2 Å². The van der Waals surface area contributed by atoms with Gasteiger partial charge in [0.15, 0.2) is 0 Å². The lowest BCUT2D eigenvalue weighted by Gasteiger charge is -2.18. The predicted octanol–water partition coefficient (Wildman–Crippen LogP) is 8.51. The van der Waals surface area contributed by atoms with Gasteiger partial charge in [-0.05, 0) is 98.4 Å². The van der Waals surface area contributed by atoms with Crippen molar-refractivity contribution in [3.8, 4) is 11.5 Å². The number of aromatic hydroxyl groups is 2. The quantitative estimate of drug-likeness (QED) is 0.132. The van der Waals surface area contributed by atoms with E-state index in [2.05, 4.69) is 56.2 Å². The van der Waals surface area contributed by atoms with Crippen LogP contribution in [0.3, 0.4) is 0 Å². The molecule has 0 amide bonds. The van der Waals surface area contributed by atoms with Crippen LogP contribution in [0, 0.1) is 0 Å². The van der Waals surface area contributed by atoms with Crippen LogP contribution in [0.25, 0.3) is 21.8 Å². The second kappa shape index (κ2) is 17.6. The van der Waals surface area contributed by atoms with E-state index in [-0.39, 0.29) is 0 Å². The Morgan fingerprint density at radius 1 is 0.481 bits per heavy atom. The lowest BCUT2D eigenvalue weighted by atomic mass is 10.0. The number of hydrogen-bond acceptors (Lipinski definition) is 8. The van der Waals surface area contributed by atoms with Gasteiger partial charge >= 0.3 is 0 Å². The fourth-order valence-corrected chi connectivity index (χ4v) is 7.27. The van der Waals surface area contributed by atoms with Crippen LogP contribution >= 0.6 is 0 Å². The van der Waals surface area contributed by atoms with Crippen LogP contribution in [-0.2, 0) is 49.0 Å². The average Bonchev–Trinajstić information content (AvgIpc) is 3.91. The third-order valence-corrected chi connectivity index (χ3v) is 9.98. The van der Waals surface area contributed by atoms with E-state index >= 15 is 0 Å². The Morgan fingerprint density at radius 2 is 0.885 bits per heavy atom. The standard InChI is InChI=1S/2C22H24N2O2/c2*25-22-18(14-24-11-4-5-12-24)13-19(20-9-6-10-23-21(20)22)16-26-15-17-7-2-1-3-8-17/h2*1-3,6-10,13,25H,4-5,11-12,14-16H2. The van der Waals surface area contributed by atoms with Crippen LogP contribution in [0.2, 0.25) is 0 Å². The van der Waals surface area contributed by atoms with Crippen LogP contribution in [0.4, 0.5) is 0 Å². The summed E-state index contributed by atoms with van der Waals surface area (Å²) >= 11 is 0. The summed E-state index contributed by atoms with van der Waals surface area (Å²) in [4.78, 5) is 13.6. The normalized spacial score (nSPS) is 14.9. The molecule has 52 heavy (non-hydrogen) atoms. The van der Waals surface area contributed by atoms with Gasteiger partial charge in [0, 0.05) is 47.4 Å². The van der Waals surface area contributed by atoms with Gasteiger partial charge in [0.2, 0.25) is 0 Å². The molecular formula is C44H48N4O4. The fraction of sp³-hybridized carbons (Fsp3) is 0.318. The predicted molar refractivity (Wildman–Crippen MR) is 206 cm³/mol. The lowest BCUT2D eigenvalue weighted by molar-refractivity contribution is 0.108. The number of benzene rings is 4. The Bertz CT molecular complexity index is 1900. The highest BCUT2D eigenvalue weighted by Crippen LogP contribution is 2.33. The zero-order valence-electron chi connectivity index (χ0n) is 29.8. The molecule has 2 N–H and O–H groups in total. The monoisotopic (exact) mass is 696 g/mol. The van der Waals surface area contributed by atoms with Crippen molar-refractivity contribution in [1.82, 2.24) is 19.8 Å². The summed E-state index contributed by atoms with van der Waals surface area (Å²) in [7, 11) is 0. The summed E-state index contributed by atoms with van der Waals surface area (Å²) in [5.74, 6) is 0.610. The SMILES string of the molecule is Oc1c(CN2CCCC2)cc(COCc2ccccc2)c2cccnc12.Oc1c(CN2CCCC2)cc(COCc2ccccc2)c2cccnc12. The van der Waals surface area contributed by atoms with Gasteiger partial charge in [-0.25, -0.2) is 0 Å². The number of nitrogens with zero attached hydrogens (tertiary/aromatic N) is 4. The van der Waals surface area contributed by atoms with E-state index in [4.69, 9.17) is 9.47 Å². The first-order chi connectivity index (χ1) is 25.6. The molecule has 8 nitrogen and oxygen atoms in total. The summed E-state index contributed by atoms with van der Waals surface area (Å²) in [5, 5.41) is 23.3. The van der Waals surface area contributed by atoms with Gasteiger partial charge in [0.1, 0.15) is 22.5 Å². The van der Waals surface area contributed by atoms with Crippen LogP contribution in [-0.4, -0.2) is 56.2 Å². The van der Waals surface area contributed by atoms with Crippen molar-refractivity contribution in [2.45, 2.75) is 65.2 Å². The summed E-state index contributed by atoms with van der Waals surface area (Å²) < 4.78 is 11.9. The minimum atomic E-state index is 0.305. The summed E-state index contributed by atoms with van der Waals surface area (Å²) in [5.41, 5.74) is 7.70. The highest BCUT2D eigenvalue weighted by molar-refractivity contribution is 5.89. The maximum Gasteiger partial charge on any atom is 0.146 e. The Hall–Kier alpha value is -4.86. The molecule has 6 aromatic rings. The molecule has 0 bridgehead atoms. The van der Waals surface area contributed by atoms with E-state index in [1.807, 2.05) is 60.7 Å². The minimum Gasteiger partial charge on any atom is -0.505 e. The molecule has 0 saturated carbocycles. The zero-order valence-corrected chi connectivity index (χ0v) is 29.8. The molecule has 2 fully saturated rings. The summed E-state index contributed by atoms with van der Waals surface area (Å²) in [6, 6.07) is 32.3. The van der Waals surface area contributed by atoms with Crippen LogP contribution in [0.15, 0.2) is 109 Å². The number of aromatic nitrogens is 2. The van der Waals surface area contributed by atoms with E-state index in [9.17, 15) is 10.2 Å². The Balaban J connectivity index is 0.000000162. The van der Waals surface area contributed by atoms with E-state index < -0.39 is 0 Å². The van der Waals surface area contributed by atoms with Crippen LogP contribution in [0.5, 0.6) is 11.5 Å². The highest BCUT2D eigenvalue weighted by Gasteiger charge is 2.19. The van der Waals surface area contributed by atoms with E-state index in [1.165, 1.54) is 25.7 Å². The first kappa shape index (κ1) is 35.5. The topological polar surface area (TPSA) is 91.2 Å². The molecular weight excluding hydrogens is 649 g/mol. The molecule has 0 atom stereocenters. The minimum absolute atomic E-state index is 0.305. The van der Waals surface area contributed by atoms with Gasteiger partial charge in [-0.2, -0.15) is 0 Å². The van der Waals surface area contributed by atoms with Gasteiger partial charge in [0.25, 0.3) is 0 Å². The number of pyridine rings is 2. The van der Waals surface area contributed by atoms with Crippen molar-refractivity contribution in [2.24, 2.45) is 0 Å². The number of ether oxygens (including phenoxy) is 2. The molecule has 8 rings (SSSR count). The number of hydrogen-bond donors (Lipinski definition) is 2. The molecule has 8 heteroatoms. The number of phenolic OH excluding ortho intramolecular Hbond substituents is 2. The fourth-order valence-electron chi connectivity index (χ4n) is 7.27. The molecule has 0 radical (unpaired) electrons. The Labute approximate surface area is 306 Å². The lowest BCUT2D eigenvalue weighted by Crippen LogP contribution is -2.18. The molecule has 2 aliphatic heterocycles. The van der Waals surface area contributed by atoms with Crippen molar-refractivity contribution in [1.29, 1.82) is 0 Å². The second-order valence-corrected chi connectivity index (χ2v) is 13.8. The molecule has 4 heterocycles. The van der Waals surface area contributed by atoms with Crippen LogP contribution in [0.1, 0.15) is 59.1 Å². The highest BCUT2D eigenvalue weighted by atomic mass is 16.5. The number of likely N-dealkylation sites (tertiary alicyclic amines) is 2.